The molecule has 1 aliphatic rings. The molecule has 0 radical (unpaired) electrons. The Kier molecular flexibility index (Phi) is 2.41. The van der Waals surface area contributed by atoms with Gasteiger partial charge in [0.25, 0.3) is 5.89 Å². The minimum absolute atomic E-state index is 0.446. The van der Waals surface area contributed by atoms with Crippen molar-refractivity contribution in [2.45, 2.75) is 31.6 Å². The molecule has 1 N–H and O–H groups in total. The van der Waals surface area contributed by atoms with Gasteiger partial charge in [-0.2, -0.15) is 10.2 Å². The third-order valence-corrected chi connectivity index (χ3v) is 3.21. The summed E-state index contributed by atoms with van der Waals surface area (Å²) in [5.41, 5.74) is 1.28. The van der Waals surface area contributed by atoms with Crippen LogP contribution in [0.4, 0.5) is 0 Å². The molecular formula is C12H12N4O. The molecule has 0 spiro atoms. The van der Waals surface area contributed by atoms with Gasteiger partial charge in [-0.25, -0.2) is 0 Å². The van der Waals surface area contributed by atoms with E-state index in [1.54, 1.807) is 12.3 Å². The molecule has 1 fully saturated rings. The van der Waals surface area contributed by atoms with Gasteiger partial charge in [-0.3, -0.25) is 0 Å². The maximum absolute atomic E-state index is 8.73. The summed E-state index contributed by atoms with van der Waals surface area (Å²) in [7, 11) is 0. The summed E-state index contributed by atoms with van der Waals surface area (Å²) < 4.78 is 5.23. The van der Waals surface area contributed by atoms with Crippen molar-refractivity contribution in [1.82, 2.24) is 15.1 Å². The van der Waals surface area contributed by atoms with Crippen LogP contribution in [0.25, 0.3) is 11.5 Å². The van der Waals surface area contributed by atoms with Crippen molar-refractivity contribution in [2.75, 3.05) is 0 Å². The summed E-state index contributed by atoms with van der Waals surface area (Å²) in [4.78, 5) is 7.25. The minimum Gasteiger partial charge on any atom is -0.352 e. The van der Waals surface area contributed by atoms with Gasteiger partial charge in [-0.15, -0.1) is 0 Å². The average Bonchev–Trinajstić information content (AvgIpc) is 3.09. The lowest BCUT2D eigenvalue weighted by Crippen LogP contribution is -1.94. The Labute approximate surface area is 98.5 Å². The van der Waals surface area contributed by atoms with Gasteiger partial charge in [-0.1, -0.05) is 18.0 Å². The molecule has 1 saturated carbocycles. The van der Waals surface area contributed by atoms with Crippen molar-refractivity contribution in [3.05, 3.63) is 23.8 Å². The Morgan fingerprint density at radius 1 is 1.41 bits per heavy atom. The molecule has 5 nitrogen and oxygen atoms in total. The predicted molar refractivity (Wildman–Crippen MR) is 60.0 cm³/mol. The molecule has 17 heavy (non-hydrogen) atoms. The molecule has 0 aliphatic heterocycles. The van der Waals surface area contributed by atoms with Crippen molar-refractivity contribution < 1.29 is 4.52 Å². The van der Waals surface area contributed by atoms with E-state index in [9.17, 15) is 0 Å². The standard InChI is InChI=1S/C12H12N4O/c13-6-10-5-9(7-14-10)12-15-11(16-17-12)8-3-1-2-4-8/h5,7-8,14H,1-4H2. The van der Waals surface area contributed by atoms with Gasteiger partial charge in [0.05, 0.1) is 5.56 Å². The van der Waals surface area contributed by atoms with Crippen LogP contribution in [0.15, 0.2) is 16.8 Å². The smallest absolute Gasteiger partial charge is 0.259 e. The molecule has 2 aromatic rings. The molecule has 2 aromatic heterocycles. The van der Waals surface area contributed by atoms with E-state index in [1.807, 2.05) is 6.07 Å². The summed E-state index contributed by atoms with van der Waals surface area (Å²) in [5.74, 6) is 1.74. The SMILES string of the molecule is N#Cc1cc(-c2nc(C3CCCC3)no2)c[nH]1. The lowest BCUT2D eigenvalue weighted by Gasteiger charge is -1.99. The van der Waals surface area contributed by atoms with Crippen LogP contribution in [-0.4, -0.2) is 15.1 Å². The molecule has 5 heteroatoms. The molecule has 86 valence electrons. The highest BCUT2D eigenvalue weighted by Crippen LogP contribution is 2.33. The predicted octanol–water partition coefficient (Wildman–Crippen LogP) is 2.59. The molecule has 0 bridgehead atoms. The fourth-order valence-electron chi connectivity index (χ4n) is 2.28. The van der Waals surface area contributed by atoms with Crippen LogP contribution in [0.2, 0.25) is 0 Å². The van der Waals surface area contributed by atoms with Gasteiger partial charge < -0.3 is 9.51 Å². The van der Waals surface area contributed by atoms with Crippen LogP contribution in [0, 0.1) is 11.3 Å². The molecule has 0 unspecified atom stereocenters. The number of nitrogens with zero attached hydrogens (tertiary/aromatic N) is 3. The third kappa shape index (κ3) is 1.82. The van der Waals surface area contributed by atoms with E-state index in [2.05, 4.69) is 15.1 Å². The van der Waals surface area contributed by atoms with Crippen LogP contribution in [0.1, 0.15) is 43.1 Å². The van der Waals surface area contributed by atoms with Crippen LogP contribution < -0.4 is 0 Å². The van der Waals surface area contributed by atoms with Crippen molar-refractivity contribution in [3.8, 4) is 17.5 Å². The first kappa shape index (κ1) is 10.1. The van der Waals surface area contributed by atoms with E-state index in [1.165, 1.54) is 12.8 Å². The minimum atomic E-state index is 0.446. The largest absolute Gasteiger partial charge is 0.352 e. The monoisotopic (exact) mass is 228 g/mol. The zero-order valence-corrected chi connectivity index (χ0v) is 9.31. The van der Waals surface area contributed by atoms with Crippen LogP contribution in [0.3, 0.4) is 0 Å². The zero-order valence-electron chi connectivity index (χ0n) is 9.31. The number of H-pyrrole nitrogens is 1. The summed E-state index contributed by atoms with van der Waals surface area (Å²) in [6.07, 6.45) is 6.50. The maximum Gasteiger partial charge on any atom is 0.259 e. The molecule has 1 aliphatic carbocycles. The zero-order chi connectivity index (χ0) is 11.7. The van der Waals surface area contributed by atoms with Crippen LogP contribution in [-0.2, 0) is 0 Å². The van der Waals surface area contributed by atoms with E-state index in [0.29, 0.717) is 17.5 Å². The summed E-state index contributed by atoms with van der Waals surface area (Å²) in [6, 6.07) is 3.75. The molecule has 2 heterocycles. The molecule has 3 rings (SSSR count). The van der Waals surface area contributed by atoms with Crippen LogP contribution >= 0.6 is 0 Å². The van der Waals surface area contributed by atoms with Gasteiger partial charge in [0.2, 0.25) is 0 Å². The highest BCUT2D eigenvalue weighted by molar-refractivity contribution is 5.54. The number of aromatic amines is 1. The second-order valence-corrected chi connectivity index (χ2v) is 4.35. The van der Waals surface area contributed by atoms with Crippen molar-refractivity contribution in [2.24, 2.45) is 0 Å². The fourth-order valence-corrected chi connectivity index (χ4v) is 2.28. The quantitative estimate of drug-likeness (QED) is 0.856. The van der Waals surface area contributed by atoms with E-state index in [0.717, 1.165) is 24.2 Å². The Morgan fingerprint density at radius 3 is 2.94 bits per heavy atom. The van der Waals surface area contributed by atoms with Crippen molar-refractivity contribution in [1.29, 1.82) is 5.26 Å². The van der Waals surface area contributed by atoms with Gasteiger partial charge in [0.15, 0.2) is 5.82 Å². The van der Waals surface area contributed by atoms with Crippen molar-refractivity contribution >= 4 is 0 Å². The van der Waals surface area contributed by atoms with Gasteiger partial charge in [0, 0.05) is 12.1 Å². The number of nitrogens with one attached hydrogen (secondary N) is 1. The number of nitriles is 1. The first-order valence-corrected chi connectivity index (χ1v) is 5.79. The Balaban J connectivity index is 1.86. The first-order chi connectivity index (χ1) is 8.36. The highest BCUT2D eigenvalue weighted by Gasteiger charge is 2.22. The summed E-state index contributed by atoms with van der Waals surface area (Å²) in [6.45, 7) is 0. The molecule has 0 atom stereocenters. The lowest BCUT2D eigenvalue weighted by molar-refractivity contribution is 0.416. The van der Waals surface area contributed by atoms with E-state index >= 15 is 0 Å². The second kappa shape index (κ2) is 4.06. The summed E-state index contributed by atoms with van der Waals surface area (Å²) >= 11 is 0. The Hall–Kier alpha value is -2.09. The van der Waals surface area contributed by atoms with Gasteiger partial charge in [-0.05, 0) is 18.9 Å². The lowest BCUT2D eigenvalue weighted by atomic mass is 10.1. The normalized spacial score (nSPS) is 16.2. The first-order valence-electron chi connectivity index (χ1n) is 5.79. The van der Waals surface area contributed by atoms with Gasteiger partial charge in [0.1, 0.15) is 11.8 Å². The number of aromatic nitrogens is 3. The Bertz CT molecular complexity index is 557. The number of hydrogen-bond donors (Lipinski definition) is 1. The van der Waals surface area contributed by atoms with E-state index in [4.69, 9.17) is 9.78 Å². The van der Waals surface area contributed by atoms with E-state index in [-0.39, 0.29) is 0 Å². The highest BCUT2D eigenvalue weighted by atomic mass is 16.5. The summed E-state index contributed by atoms with van der Waals surface area (Å²) in [5, 5.41) is 12.8. The molecule has 0 saturated heterocycles. The fraction of sp³-hybridized carbons (Fsp3) is 0.417. The Morgan fingerprint density at radius 2 is 2.24 bits per heavy atom. The molecular weight excluding hydrogens is 216 g/mol. The van der Waals surface area contributed by atoms with Crippen LogP contribution in [0.5, 0.6) is 0 Å². The maximum atomic E-state index is 8.73. The number of hydrogen-bond acceptors (Lipinski definition) is 4. The molecule has 0 amide bonds. The van der Waals surface area contributed by atoms with E-state index < -0.39 is 0 Å². The molecule has 0 aromatic carbocycles. The van der Waals surface area contributed by atoms with Crippen molar-refractivity contribution in [3.63, 3.8) is 0 Å². The third-order valence-electron chi connectivity index (χ3n) is 3.21. The topological polar surface area (TPSA) is 78.5 Å². The second-order valence-electron chi connectivity index (χ2n) is 4.35. The number of rotatable bonds is 2. The average molecular weight is 228 g/mol. The van der Waals surface area contributed by atoms with Gasteiger partial charge >= 0.3 is 0 Å².